The Kier molecular flexibility index (Phi) is 6.40. The number of aromatic nitrogens is 3. The molecule has 0 aliphatic heterocycles. The van der Waals surface area contributed by atoms with Gasteiger partial charge in [0.2, 0.25) is 5.89 Å². The van der Waals surface area contributed by atoms with Crippen molar-refractivity contribution in [2.75, 3.05) is 0 Å². The highest BCUT2D eigenvalue weighted by atomic mass is 16.5. The number of oxazole rings is 1. The first-order chi connectivity index (χ1) is 14.8. The van der Waals surface area contributed by atoms with Crippen LogP contribution in [-0.2, 0) is 19.6 Å². The Balaban J connectivity index is 1.28. The minimum atomic E-state index is 0.383. The van der Waals surface area contributed by atoms with E-state index >= 15 is 0 Å². The molecule has 0 unspecified atom stereocenters. The van der Waals surface area contributed by atoms with E-state index in [1.54, 1.807) is 0 Å². The van der Waals surface area contributed by atoms with Gasteiger partial charge in [0.1, 0.15) is 23.8 Å². The predicted octanol–water partition coefficient (Wildman–Crippen LogP) is 5.56. The number of aryl methyl sites for hydroxylation is 3. The SMILES string of the molecule is Cc1oc(/C=C/c2ccccc2)nc1COc1ccc(CCCn2ccnc2)cc1. The van der Waals surface area contributed by atoms with E-state index in [1.807, 2.05) is 80.3 Å². The minimum absolute atomic E-state index is 0.383. The Morgan fingerprint density at radius 2 is 1.87 bits per heavy atom. The van der Waals surface area contributed by atoms with E-state index in [9.17, 15) is 0 Å². The number of hydrogen-bond acceptors (Lipinski definition) is 4. The van der Waals surface area contributed by atoms with Crippen molar-refractivity contribution in [3.63, 3.8) is 0 Å². The van der Waals surface area contributed by atoms with Crippen LogP contribution in [0.15, 0.2) is 77.7 Å². The second-order valence-corrected chi connectivity index (χ2v) is 7.14. The van der Waals surface area contributed by atoms with E-state index < -0.39 is 0 Å². The van der Waals surface area contributed by atoms with Crippen LogP contribution in [0.2, 0.25) is 0 Å². The first kappa shape index (κ1) is 19.7. The van der Waals surface area contributed by atoms with Crippen molar-refractivity contribution in [1.29, 1.82) is 0 Å². The summed E-state index contributed by atoms with van der Waals surface area (Å²) in [5.41, 5.74) is 3.22. The quantitative estimate of drug-likeness (QED) is 0.370. The minimum Gasteiger partial charge on any atom is -0.487 e. The molecule has 0 aliphatic rings. The first-order valence-corrected chi connectivity index (χ1v) is 10.1. The summed E-state index contributed by atoms with van der Waals surface area (Å²) >= 11 is 0. The van der Waals surface area contributed by atoms with E-state index in [0.717, 1.165) is 42.2 Å². The highest BCUT2D eigenvalue weighted by Gasteiger charge is 2.08. The van der Waals surface area contributed by atoms with Crippen LogP contribution >= 0.6 is 0 Å². The van der Waals surface area contributed by atoms with Crippen molar-refractivity contribution in [1.82, 2.24) is 14.5 Å². The molecule has 0 saturated carbocycles. The van der Waals surface area contributed by atoms with Crippen molar-refractivity contribution in [3.8, 4) is 5.75 Å². The molecular weight excluding hydrogens is 374 g/mol. The highest BCUT2D eigenvalue weighted by Crippen LogP contribution is 2.18. The molecule has 0 amide bonds. The molecule has 30 heavy (non-hydrogen) atoms. The summed E-state index contributed by atoms with van der Waals surface area (Å²) in [6.07, 6.45) is 11.6. The topological polar surface area (TPSA) is 53.1 Å². The van der Waals surface area contributed by atoms with Gasteiger partial charge in [-0.3, -0.25) is 0 Å². The average molecular weight is 399 g/mol. The maximum Gasteiger partial charge on any atom is 0.219 e. The van der Waals surface area contributed by atoms with E-state index in [1.165, 1.54) is 5.56 Å². The lowest BCUT2D eigenvalue weighted by atomic mass is 10.1. The van der Waals surface area contributed by atoms with Gasteiger partial charge >= 0.3 is 0 Å². The Hall–Kier alpha value is -3.60. The molecule has 0 fully saturated rings. The largest absolute Gasteiger partial charge is 0.487 e. The van der Waals surface area contributed by atoms with E-state index in [0.29, 0.717) is 12.5 Å². The maximum absolute atomic E-state index is 5.91. The fraction of sp³-hybridized carbons (Fsp3) is 0.200. The highest BCUT2D eigenvalue weighted by molar-refractivity contribution is 5.65. The molecule has 2 aromatic carbocycles. The van der Waals surface area contributed by atoms with E-state index in [-0.39, 0.29) is 0 Å². The fourth-order valence-corrected chi connectivity index (χ4v) is 3.18. The second-order valence-electron chi connectivity index (χ2n) is 7.14. The molecule has 4 rings (SSSR count). The number of ether oxygens (including phenoxy) is 1. The van der Waals surface area contributed by atoms with Crippen molar-refractivity contribution in [2.45, 2.75) is 32.9 Å². The molecule has 4 aromatic rings. The lowest BCUT2D eigenvalue weighted by molar-refractivity contribution is 0.299. The molecule has 2 heterocycles. The van der Waals surface area contributed by atoms with E-state index in [2.05, 4.69) is 26.7 Å². The molecule has 0 aliphatic carbocycles. The first-order valence-electron chi connectivity index (χ1n) is 10.1. The maximum atomic E-state index is 5.91. The summed E-state index contributed by atoms with van der Waals surface area (Å²) in [4.78, 5) is 8.60. The molecule has 152 valence electrons. The van der Waals surface area contributed by atoms with Gasteiger partial charge < -0.3 is 13.7 Å². The number of nitrogens with zero attached hydrogens (tertiary/aromatic N) is 3. The van der Waals surface area contributed by atoms with Crippen LogP contribution in [-0.4, -0.2) is 14.5 Å². The van der Waals surface area contributed by atoms with Crippen LogP contribution in [0.25, 0.3) is 12.2 Å². The normalized spacial score (nSPS) is 11.2. The molecule has 0 N–H and O–H groups in total. The zero-order chi connectivity index (χ0) is 20.6. The molecule has 2 aromatic heterocycles. The van der Waals surface area contributed by atoms with Crippen molar-refractivity contribution < 1.29 is 9.15 Å². The van der Waals surface area contributed by atoms with Gasteiger partial charge in [0.25, 0.3) is 0 Å². The average Bonchev–Trinajstić information content (AvgIpc) is 3.42. The van der Waals surface area contributed by atoms with Crippen LogP contribution in [0.4, 0.5) is 0 Å². The zero-order valence-electron chi connectivity index (χ0n) is 17.1. The third-order valence-corrected chi connectivity index (χ3v) is 4.87. The Morgan fingerprint density at radius 1 is 1.03 bits per heavy atom. The molecule has 0 bridgehead atoms. The Bertz CT molecular complexity index is 1070. The van der Waals surface area contributed by atoms with Gasteiger partial charge in [0, 0.05) is 25.0 Å². The summed E-state index contributed by atoms with van der Waals surface area (Å²) in [6, 6.07) is 18.3. The lowest BCUT2D eigenvalue weighted by Gasteiger charge is -2.07. The molecule has 0 spiro atoms. The summed E-state index contributed by atoms with van der Waals surface area (Å²) in [5.74, 6) is 2.19. The van der Waals surface area contributed by atoms with Crippen LogP contribution in [0.1, 0.15) is 34.9 Å². The van der Waals surface area contributed by atoms with Crippen LogP contribution in [0.5, 0.6) is 5.75 Å². The molecule has 0 atom stereocenters. The summed E-state index contributed by atoms with van der Waals surface area (Å²) in [6.45, 7) is 3.27. The monoisotopic (exact) mass is 399 g/mol. The number of rotatable bonds is 9. The smallest absolute Gasteiger partial charge is 0.219 e. The standard InChI is InChI=1S/C25H25N3O2/c1-20-24(27-25(30-20)14-11-21-6-3-2-4-7-21)18-29-23-12-9-22(10-13-23)8-5-16-28-17-15-26-19-28/h2-4,6-7,9-15,17,19H,5,8,16,18H2,1H3/b14-11+. The molecular formula is C25H25N3O2. The van der Waals surface area contributed by atoms with E-state index in [4.69, 9.17) is 9.15 Å². The fourth-order valence-electron chi connectivity index (χ4n) is 3.18. The number of imidazole rings is 1. The van der Waals surface area contributed by atoms with Gasteiger partial charge in [-0.1, -0.05) is 42.5 Å². The van der Waals surface area contributed by atoms with Gasteiger partial charge in [0.05, 0.1) is 6.33 Å². The second kappa shape index (κ2) is 9.74. The Labute approximate surface area is 176 Å². The number of benzene rings is 2. The van der Waals surface area contributed by atoms with Crippen molar-refractivity contribution >= 4 is 12.2 Å². The third-order valence-electron chi connectivity index (χ3n) is 4.87. The van der Waals surface area contributed by atoms with Gasteiger partial charge in [-0.2, -0.15) is 0 Å². The molecule has 5 heteroatoms. The molecule has 5 nitrogen and oxygen atoms in total. The van der Waals surface area contributed by atoms with Crippen molar-refractivity contribution in [3.05, 3.63) is 102 Å². The molecule has 0 saturated heterocycles. The van der Waals surface area contributed by atoms with Crippen molar-refractivity contribution in [2.24, 2.45) is 0 Å². The Morgan fingerprint density at radius 3 is 2.63 bits per heavy atom. The van der Waals surface area contributed by atoms with Gasteiger partial charge in [-0.25, -0.2) is 9.97 Å². The van der Waals surface area contributed by atoms with Crippen LogP contribution in [0.3, 0.4) is 0 Å². The van der Waals surface area contributed by atoms with Crippen LogP contribution < -0.4 is 4.74 Å². The van der Waals surface area contributed by atoms with Gasteiger partial charge in [-0.05, 0) is 49.1 Å². The van der Waals surface area contributed by atoms with Crippen LogP contribution in [0, 0.1) is 6.92 Å². The van der Waals surface area contributed by atoms with Gasteiger partial charge in [0.15, 0.2) is 0 Å². The summed E-state index contributed by atoms with van der Waals surface area (Å²) in [5, 5.41) is 0. The third kappa shape index (κ3) is 5.47. The molecule has 0 radical (unpaired) electrons. The predicted molar refractivity (Wildman–Crippen MR) is 118 cm³/mol. The lowest BCUT2D eigenvalue weighted by Crippen LogP contribution is -1.98. The zero-order valence-corrected chi connectivity index (χ0v) is 17.1. The number of hydrogen-bond donors (Lipinski definition) is 0. The summed E-state index contributed by atoms with van der Waals surface area (Å²) < 4.78 is 13.7. The summed E-state index contributed by atoms with van der Waals surface area (Å²) in [7, 11) is 0. The van der Waals surface area contributed by atoms with Gasteiger partial charge in [-0.15, -0.1) is 0 Å².